The first-order valence-corrected chi connectivity index (χ1v) is 7.36. The molecule has 2 aromatic rings. The highest BCUT2D eigenvalue weighted by Gasteiger charge is 2.12. The van der Waals surface area contributed by atoms with Gasteiger partial charge in [0.1, 0.15) is 17.5 Å². The van der Waals surface area contributed by atoms with E-state index in [1.165, 1.54) is 0 Å². The number of hydrogen-bond donors (Lipinski definition) is 2. The summed E-state index contributed by atoms with van der Waals surface area (Å²) < 4.78 is 1.80. The van der Waals surface area contributed by atoms with Crippen LogP contribution in [0.4, 0.5) is 11.6 Å². The maximum absolute atomic E-state index is 4.64. The van der Waals surface area contributed by atoms with Gasteiger partial charge in [-0.1, -0.05) is 13.8 Å². The molecule has 2 heterocycles. The molecule has 0 atom stereocenters. The van der Waals surface area contributed by atoms with Crippen molar-refractivity contribution >= 4 is 11.6 Å². The predicted octanol–water partition coefficient (Wildman–Crippen LogP) is 2.69. The predicted molar refractivity (Wildman–Crippen MR) is 85.6 cm³/mol. The van der Waals surface area contributed by atoms with E-state index in [4.69, 9.17) is 0 Å². The molecule has 0 spiro atoms. The average molecular weight is 288 g/mol. The molecular formula is C15H24N6. The lowest BCUT2D eigenvalue weighted by molar-refractivity contribution is 0.744. The van der Waals surface area contributed by atoms with Crippen LogP contribution in [0.1, 0.15) is 43.8 Å². The number of aromatic nitrogens is 4. The Labute approximate surface area is 126 Å². The van der Waals surface area contributed by atoms with Crippen LogP contribution in [0, 0.1) is 6.92 Å². The van der Waals surface area contributed by atoms with Gasteiger partial charge in [0.25, 0.3) is 0 Å². The molecule has 0 saturated heterocycles. The molecule has 0 aliphatic heterocycles. The summed E-state index contributed by atoms with van der Waals surface area (Å²) in [5.41, 5.74) is 2.03. The first-order chi connectivity index (χ1) is 10.0. The summed E-state index contributed by atoms with van der Waals surface area (Å²) in [6, 6.07) is 2.00. The summed E-state index contributed by atoms with van der Waals surface area (Å²) in [6.07, 6.45) is 1.94. The Morgan fingerprint density at radius 3 is 2.38 bits per heavy atom. The highest BCUT2D eigenvalue weighted by Crippen LogP contribution is 2.23. The lowest BCUT2D eigenvalue weighted by atomic mass is 10.2. The summed E-state index contributed by atoms with van der Waals surface area (Å²) in [5.74, 6) is 2.91. The van der Waals surface area contributed by atoms with E-state index in [0.29, 0.717) is 12.5 Å². The lowest BCUT2D eigenvalue weighted by Crippen LogP contribution is -2.12. The zero-order valence-corrected chi connectivity index (χ0v) is 13.4. The molecule has 0 amide bonds. The molecule has 0 unspecified atom stereocenters. The summed E-state index contributed by atoms with van der Waals surface area (Å²) in [6.45, 7) is 9.79. The van der Waals surface area contributed by atoms with Gasteiger partial charge in [0.05, 0.1) is 12.2 Å². The Bertz CT molecular complexity index is 602. The van der Waals surface area contributed by atoms with Crippen LogP contribution in [0.2, 0.25) is 0 Å². The fourth-order valence-electron chi connectivity index (χ4n) is 2.04. The van der Waals surface area contributed by atoms with Gasteiger partial charge in [-0.05, 0) is 19.9 Å². The van der Waals surface area contributed by atoms with Crippen molar-refractivity contribution in [1.82, 2.24) is 19.7 Å². The third-order valence-electron chi connectivity index (χ3n) is 3.23. The van der Waals surface area contributed by atoms with Gasteiger partial charge in [-0.25, -0.2) is 9.97 Å². The molecule has 0 aliphatic rings. The third-order valence-corrected chi connectivity index (χ3v) is 3.23. The van der Waals surface area contributed by atoms with E-state index in [-0.39, 0.29) is 0 Å². The summed E-state index contributed by atoms with van der Waals surface area (Å²) in [7, 11) is 1.92. The van der Waals surface area contributed by atoms with Gasteiger partial charge in [0, 0.05) is 31.3 Å². The quantitative estimate of drug-likeness (QED) is 0.855. The molecule has 21 heavy (non-hydrogen) atoms. The van der Waals surface area contributed by atoms with Crippen molar-refractivity contribution in [2.45, 2.75) is 40.2 Å². The minimum absolute atomic E-state index is 0.290. The second-order valence-corrected chi connectivity index (χ2v) is 5.42. The molecule has 6 heteroatoms. The molecule has 6 nitrogen and oxygen atoms in total. The molecule has 0 fully saturated rings. The first-order valence-electron chi connectivity index (χ1n) is 7.36. The Morgan fingerprint density at radius 1 is 1.19 bits per heavy atom. The zero-order valence-electron chi connectivity index (χ0n) is 13.4. The van der Waals surface area contributed by atoms with Crippen molar-refractivity contribution in [3.05, 3.63) is 29.3 Å². The van der Waals surface area contributed by atoms with Gasteiger partial charge in [-0.15, -0.1) is 0 Å². The molecule has 2 aromatic heterocycles. The average Bonchev–Trinajstić information content (AvgIpc) is 2.85. The molecule has 2 N–H and O–H groups in total. The van der Waals surface area contributed by atoms with E-state index < -0.39 is 0 Å². The zero-order chi connectivity index (χ0) is 15.4. The number of aryl methyl sites for hydroxylation is 1. The van der Waals surface area contributed by atoms with Crippen LogP contribution in [-0.4, -0.2) is 26.3 Å². The van der Waals surface area contributed by atoms with Crippen molar-refractivity contribution in [3.63, 3.8) is 0 Å². The molecule has 0 bridgehead atoms. The van der Waals surface area contributed by atoms with Gasteiger partial charge in [0.2, 0.25) is 0 Å². The SMILES string of the molecule is CCNc1nc(C(C)C)nc(NCc2ccn(C)n2)c1C. The molecule has 0 aliphatic carbocycles. The summed E-state index contributed by atoms with van der Waals surface area (Å²) in [5, 5.41) is 11.0. The van der Waals surface area contributed by atoms with Crippen LogP contribution in [-0.2, 0) is 13.6 Å². The van der Waals surface area contributed by atoms with Crippen LogP contribution in [0.3, 0.4) is 0 Å². The Hall–Kier alpha value is -2.11. The Balaban J connectivity index is 2.23. The van der Waals surface area contributed by atoms with E-state index in [1.54, 1.807) is 4.68 Å². The lowest BCUT2D eigenvalue weighted by Gasteiger charge is -2.15. The van der Waals surface area contributed by atoms with E-state index in [2.05, 4.69) is 46.5 Å². The Kier molecular flexibility index (Phi) is 4.77. The van der Waals surface area contributed by atoms with Crippen molar-refractivity contribution in [2.24, 2.45) is 7.05 Å². The summed E-state index contributed by atoms with van der Waals surface area (Å²) >= 11 is 0. The fraction of sp³-hybridized carbons (Fsp3) is 0.533. The number of nitrogens with one attached hydrogen (secondary N) is 2. The maximum atomic E-state index is 4.64. The third kappa shape index (κ3) is 3.71. The minimum Gasteiger partial charge on any atom is -0.370 e. The van der Waals surface area contributed by atoms with Crippen LogP contribution in [0.5, 0.6) is 0 Å². The molecule has 0 aromatic carbocycles. The van der Waals surface area contributed by atoms with Gasteiger partial charge >= 0.3 is 0 Å². The molecule has 0 radical (unpaired) electrons. The molecule has 114 valence electrons. The minimum atomic E-state index is 0.290. The second-order valence-electron chi connectivity index (χ2n) is 5.42. The molecule has 0 saturated carbocycles. The standard InChI is InChI=1S/C15H24N6/c1-6-16-14-11(4)15(19-13(18-14)10(2)3)17-9-12-7-8-21(5)20-12/h7-8,10H,6,9H2,1-5H3,(H2,16,17,18,19). The van der Waals surface area contributed by atoms with E-state index >= 15 is 0 Å². The van der Waals surface area contributed by atoms with Crippen molar-refractivity contribution in [3.8, 4) is 0 Å². The maximum Gasteiger partial charge on any atom is 0.135 e. The van der Waals surface area contributed by atoms with Gasteiger partial charge in [-0.3, -0.25) is 4.68 Å². The van der Waals surface area contributed by atoms with Gasteiger partial charge < -0.3 is 10.6 Å². The summed E-state index contributed by atoms with van der Waals surface area (Å²) in [4.78, 5) is 9.24. The number of nitrogens with zero attached hydrogens (tertiary/aromatic N) is 4. The molecular weight excluding hydrogens is 264 g/mol. The van der Waals surface area contributed by atoms with E-state index in [9.17, 15) is 0 Å². The topological polar surface area (TPSA) is 67.7 Å². The van der Waals surface area contributed by atoms with Crippen molar-refractivity contribution < 1.29 is 0 Å². The Morgan fingerprint density at radius 2 is 1.86 bits per heavy atom. The van der Waals surface area contributed by atoms with Gasteiger partial charge in [0.15, 0.2) is 0 Å². The first kappa shape index (κ1) is 15.3. The number of anilines is 2. The van der Waals surface area contributed by atoms with E-state index in [1.807, 2.05) is 26.2 Å². The monoisotopic (exact) mass is 288 g/mol. The normalized spacial score (nSPS) is 11.0. The molecule has 2 rings (SSSR count). The van der Waals surface area contributed by atoms with Crippen LogP contribution in [0.25, 0.3) is 0 Å². The number of hydrogen-bond acceptors (Lipinski definition) is 5. The largest absolute Gasteiger partial charge is 0.370 e. The highest BCUT2D eigenvalue weighted by molar-refractivity contribution is 5.57. The number of rotatable bonds is 6. The van der Waals surface area contributed by atoms with E-state index in [0.717, 1.165) is 35.3 Å². The second kappa shape index (κ2) is 6.56. The van der Waals surface area contributed by atoms with Crippen molar-refractivity contribution in [1.29, 1.82) is 0 Å². The van der Waals surface area contributed by atoms with Crippen molar-refractivity contribution in [2.75, 3.05) is 17.2 Å². The smallest absolute Gasteiger partial charge is 0.135 e. The van der Waals surface area contributed by atoms with Crippen LogP contribution >= 0.6 is 0 Å². The van der Waals surface area contributed by atoms with Crippen LogP contribution < -0.4 is 10.6 Å². The van der Waals surface area contributed by atoms with Crippen LogP contribution in [0.15, 0.2) is 12.3 Å². The fourth-order valence-corrected chi connectivity index (χ4v) is 2.04. The van der Waals surface area contributed by atoms with Gasteiger partial charge in [-0.2, -0.15) is 5.10 Å². The highest BCUT2D eigenvalue weighted by atomic mass is 15.3.